The number of amides is 2. The zero-order chi connectivity index (χ0) is 22.7. The molecule has 0 radical (unpaired) electrons. The normalized spacial score (nSPS) is 11.7. The number of benzene rings is 2. The number of nitrogens with one attached hydrogen (secondary N) is 4. The van der Waals surface area contributed by atoms with Gasteiger partial charge >= 0.3 is 5.69 Å². The number of nitrogens with zero attached hydrogens (tertiary/aromatic N) is 1. The standard InChI is InChI=1S/C23H19N5O4/c1-13(15-8-5-9-17(10-15)26-20(29)14-6-3-2-4-7-14)25-21(30)16-11-18-19(24-12-16)27-23(32)28-22(18)31/h2-13H,1H3,(H,25,30)(H,26,29)(H2,24,27,28,31,32). The maximum atomic E-state index is 12.7. The van der Waals surface area contributed by atoms with Crippen LogP contribution in [0, 0.1) is 0 Å². The van der Waals surface area contributed by atoms with E-state index < -0.39 is 17.2 Å². The highest BCUT2D eigenvalue weighted by atomic mass is 16.2. The highest BCUT2D eigenvalue weighted by Crippen LogP contribution is 2.19. The van der Waals surface area contributed by atoms with E-state index in [4.69, 9.17) is 0 Å². The maximum absolute atomic E-state index is 12.7. The molecule has 0 spiro atoms. The molecule has 1 atom stereocenters. The van der Waals surface area contributed by atoms with Crippen LogP contribution in [-0.2, 0) is 0 Å². The van der Waals surface area contributed by atoms with Gasteiger partial charge in [-0.1, -0.05) is 30.3 Å². The molecule has 2 amide bonds. The van der Waals surface area contributed by atoms with Gasteiger partial charge in [0.2, 0.25) is 0 Å². The quantitative estimate of drug-likeness (QED) is 0.386. The Bertz CT molecular complexity index is 1430. The fraction of sp³-hybridized carbons (Fsp3) is 0.0870. The first kappa shape index (κ1) is 20.7. The van der Waals surface area contributed by atoms with Crippen LogP contribution in [0.4, 0.5) is 5.69 Å². The third-order valence-corrected chi connectivity index (χ3v) is 4.88. The number of rotatable bonds is 5. The van der Waals surface area contributed by atoms with Gasteiger partial charge in [-0.25, -0.2) is 9.78 Å². The van der Waals surface area contributed by atoms with Crippen LogP contribution >= 0.6 is 0 Å². The Balaban J connectivity index is 1.49. The minimum absolute atomic E-state index is 0.102. The van der Waals surface area contributed by atoms with Gasteiger partial charge in [-0.05, 0) is 42.8 Å². The average Bonchev–Trinajstić information content (AvgIpc) is 2.79. The van der Waals surface area contributed by atoms with Gasteiger partial charge in [-0.15, -0.1) is 0 Å². The highest BCUT2D eigenvalue weighted by Gasteiger charge is 2.15. The van der Waals surface area contributed by atoms with Crippen LogP contribution in [-0.4, -0.2) is 26.8 Å². The second-order valence-electron chi connectivity index (χ2n) is 7.17. The Labute approximate surface area is 181 Å². The molecule has 160 valence electrons. The number of carbonyl (C=O) groups is 2. The Hall–Kier alpha value is -4.53. The molecule has 0 saturated carbocycles. The molecular formula is C23H19N5O4. The summed E-state index contributed by atoms with van der Waals surface area (Å²) in [6.07, 6.45) is 1.29. The van der Waals surface area contributed by atoms with Crippen molar-refractivity contribution >= 4 is 28.5 Å². The van der Waals surface area contributed by atoms with Crippen molar-refractivity contribution in [2.75, 3.05) is 5.32 Å². The van der Waals surface area contributed by atoms with Crippen molar-refractivity contribution in [1.29, 1.82) is 0 Å². The molecule has 2 aromatic heterocycles. The molecule has 4 aromatic rings. The Kier molecular flexibility index (Phi) is 5.63. The number of anilines is 1. The first-order valence-electron chi connectivity index (χ1n) is 9.80. The van der Waals surface area contributed by atoms with Gasteiger partial charge in [-0.2, -0.15) is 0 Å². The molecule has 0 saturated heterocycles. The molecule has 32 heavy (non-hydrogen) atoms. The van der Waals surface area contributed by atoms with Crippen LogP contribution in [0.25, 0.3) is 11.0 Å². The third kappa shape index (κ3) is 4.46. The number of hydrogen-bond donors (Lipinski definition) is 4. The van der Waals surface area contributed by atoms with Gasteiger partial charge in [0.1, 0.15) is 5.65 Å². The van der Waals surface area contributed by atoms with Crippen molar-refractivity contribution in [2.45, 2.75) is 13.0 Å². The van der Waals surface area contributed by atoms with Crippen LogP contribution < -0.4 is 21.9 Å². The highest BCUT2D eigenvalue weighted by molar-refractivity contribution is 6.04. The van der Waals surface area contributed by atoms with E-state index in [1.54, 1.807) is 49.4 Å². The maximum Gasteiger partial charge on any atom is 0.327 e. The molecule has 1 unspecified atom stereocenters. The summed E-state index contributed by atoms with van der Waals surface area (Å²) in [7, 11) is 0. The van der Waals surface area contributed by atoms with Crippen molar-refractivity contribution in [3.8, 4) is 0 Å². The molecule has 0 aliphatic carbocycles. The lowest BCUT2D eigenvalue weighted by Crippen LogP contribution is -2.28. The smallest absolute Gasteiger partial charge is 0.327 e. The summed E-state index contributed by atoms with van der Waals surface area (Å²) in [6.45, 7) is 1.80. The van der Waals surface area contributed by atoms with Crippen molar-refractivity contribution in [3.05, 3.63) is 104 Å². The van der Waals surface area contributed by atoms with E-state index in [1.807, 2.05) is 12.1 Å². The van der Waals surface area contributed by atoms with Crippen LogP contribution in [0.3, 0.4) is 0 Å². The molecule has 2 aromatic carbocycles. The largest absolute Gasteiger partial charge is 0.345 e. The molecule has 4 N–H and O–H groups in total. The monoisotopic (exact) mass is 429 g/mol. The van der Waals surface area contributed by atoms with Crippen LogP contribution in [0.2, 0.25) is 0 Å². The number of carbonyl (C=O) groups excluding carboxylic acids is 2. The Morgan fingerprint density at radius 2 is 1.69 bits per heavy atom. The first-order valence-corrected chi connectivity index (χ1v) is 9.80. The number of aromatic nitrogens is 3. The number of pyridine rings is 1. The first-order chi connectivity index (χ1) is 15.4. The predicted octanol–water partition coefficient (Wildman–Crippen LogP) is 2.35. The lowest BCUT2D eigenvalue weighted by Gasteiger charge is -2.16. The fourth-order valence-electron chi connectivity index (χ4n) is 3.21. The minimum atomic E-state index is -0.667. The van der Waals surface area contributed by atoms with Gasteiger partial charge in [0, 0.05) is 17.4 Å². The van der Waals surface area contributed by atoms with Crippen molar-refractivity contribution in [3.63, 3.8) is 0 Å². The topological polar surface area (TPSA) is 137 Å². The van der Waals surface area contributed by atoms with Gasteiger partial charge < -0.3 is 10.6 Å². The molecule has 0 bridgehead atoms. The van der Waals surface area contributed by atoms with E-state index in [1.165, 1.54) is 12.3 Å². The van der Waals surface area contributed by atoms with Gasteiger partial charge in [-0.3, -0.25) is 24.4 Å². The van der Waals surface area contributed by atoms with Crippen LogP contribution in [0.1, 0.15) is 39.2 Å². The molecule has 4 rings (SSSR count). The van der Waals surface area contributed by atoms with E-state index in [9.17, 15) is 19.2 Å². The number of H-pyrrole nitrogens is 2. The lowest BCUT2D eigenvalue weighted by atomic mass is 10.1. The molecule has 2 heterocycles. The zero-order valence-electron chi connectivity index (χ0n) is 17.0. The summed E-state index contributed by atoms with van der Waals surface area (Å²) in [5.74, 6) is -0.666. The summed E-state index contributed by atoms with van der Waals surface area (Å²) >= 11 is 0. The summed E-state index contributed by atoms with van der Waals surface area (Å²) in [4.78, 5) is 56.9. The zero-order valence-corrected chi connectivity index (χ0v) is 17.0. The van der Waals surface area contributed by atoms with Crippen LogP contribution in [0.5, 0.6) is 0 Å². The molecule has 9 heteroatoms. The van der Waals surface area contributed by atoms with E-state index in [0.29, 0.717) is 11.3 Å². The number of hydrogen-bond acceptors (Lipinski definition) is 5. The van der Waals surface area contributed by atoms with Gasteiger partial charge in [0.15, 0.2) is 0 Å². The summed E-state index contributed by atoms with van der Waals surface area (Å²) in [5, 5.41) is 5.79. The third-order valence-electron chi connectivity index (χ3n) is 4.88. The van der Waals surface area contributed by atoms with Crippen molar-refractivity contribution in [1.82, 2.24) is 20.3 Å². The molecular weight excluding hydrogens is 410 g/mol. The van der Waals surface area contributed by atoms with Gasteiger partial charge in [0.25, 0.3) is 17.4 Å². The molecule has 0 aliphatic heterocycles. The number of fused-ring (bicyclic) bond motifs is 1. The predicted molar refractivity (Wildman–Crippen MR) is 120 cm³/mol. The van der Waals surface area contributed by atoms with Crippen molar-refractivity contribution in [2.24, 2.45) is 0 Å². The average molecular weight is 429 g/mol. The van der Waals surface area contributed by atoms with Gasteiger partial charge in [0.05, 0.1) is 17.0 Å². The lowest BCUT2D eigenvalue weighted by molar-refractivity contribution is 0.0938. The van der Waals surface area contributed by atoms with E-state index in [-0.39, 0.29) is 28.5 Å². The second kappa shape index (κ2) is 8.68. The van der Waals surface area contributed by atoms with Crippen LogP contribution in [0.15, 0.2) is 76.4 Å². The fourth-order valence-corrected chi connectivity index (χ4v) is 3.21. The molecule has 0 fully saturated rings. The minimum Gasteiger partial charge on any atom is -0.345 e. The summed E-state index contributed by atoms with van der Waals surface area (Å²) in [5.41, 5.74) is 0.904. The van der Waals surface area contributed by atoms with E-state index in [0.717, 1.165) is 5.56 Å². The summed E-state index contributed by atoms with van der Waals surface area (Å²) < 4.78 is 0. The SMILES string of the molecule is CC(NC(=O)c1cnc2[nH]c(=O)[nH]c(=O)c2c1)c1cccc(NC(=O)c2ccccc2)c1. The van der Waals surface area contributed by atoms with E-state index in [2.05, 4.69) is 25.6 Å². The summed E-state index contributed by atoms with van der Waals surface area (Å²) in [6, 6.07) is 17.0. The van der Waals surface area contributed by atoms with Crippen molar-refractivity contribution < 1.29 is 9.59 Å². The number of aromatic amines is 2. The second-order valence-corrected chi connectivity index (χ2v) is 7.17. The van der Waals surface area contributed by atoms with E-state index >= 15 is 0 Å². The Morgan fingerprint density at radius 1 is 0.906 bits per heavy atom. The Morgan fingerprint density at radius 3 is 2.47 bits per heavy atom. The molecule has 0 aliphatic rings. The molecule has 9 nitrogen and oxygen atoms in total.